The molecule has 10 nitrogen and oxygen atoms in total. The molecular weight excluding hydrogens is 488 g/mol. The lowest BCUT2D eigenvalue weighted by Gasteiger charge is -2.37. The molecule has 200 valence electrons. The number of pyridine rings is 1. The van der Waals surface area contributed by atoms with E-state index in [9.17, 15) is 19.6 Å². The monoisotopic (exact) mass is 520 g/mol. The second-order valence-electron chi connectivity index (χ2n) is 9.58. The molecule has 1 saturated heterocycles. The van der Waals surface area contributed by atoms with Crippen LogP contribution in [0.4, 0.5) is 4.79 Å². The molecule has 0 radical (unpaired) electrons. The number of nitrogens with one attached hydrogen (secondary N) is 2. The minimum atomic E-state index is -0.835. The first-order chi connectivity index (χ1) is 18.2. The van der Waals surface area contributed by atoms with Gasteiger partial charge in [-0.2, -0.15) is 0 Å². The van der Waals surface area contributed by atoms with Gasteiger partial charge < -0.3 is 19.7 Å². The van der Waals surface area contributed by atoms with Gasteiger partial charge in [-0.15, -0.1) is 0 Å². The molecule has 0 spiro atoms. The largest absolute Gasteiger partial charge is 0.489 e. The third-order valence-electron chi connectivity index (χ3n) is 6.41. The summed E-state index contributed by atoms with van der Waals surface area (Å²) in [5, 5.41) is 13.1. The van der Waals surface area contributed by atoms with Gasteiger partial charge in [0, 0.05) is 41.3 Å². The number of hydroxylamine groups is 1. The minimum Gasteiger partial charge on any atom is -0.489 e. The van der Waals surface area contributed by atoms with Crippen LogP contribution < -0.4 is 15.5 Å². The zero-order chi connectivity index (χ0) is 27.2. The SMILES string of the molecule is Cc1cc(COc2ccc(C(=O)N[C@@H]3CCN(C(=O)OC(C)C)C[C@@H]3C(=O)NO)cc2)c2ccccc2n1. The maximum Gasteiger partial charge on any atom is 0.410 e. The molecule has 2 aromatic carbocycles. The van der Waals surface area contributed by atoms with E-state index < -0.39 is 24.0 Å². The molecule has 1 fully saturated rings. The van der Waals surface area contributed by atoms with Crippen molar-refractivity contribution in [2.75, 3.05) is 13.1 Å². The second kappa shape index (κ2) is 11.9. The molecule has 0 unspecified atom stereocenters. The van der Waals surface area contributed by atoms with E-state index in [2.05, 4.69) is 10.3 Å². The number of nitrogens with zero attached hydrogens (tertiary/aromatic N) is 2. The maximum atomic E-state index is 12.9. The summed E-state index contributed by atoms with van der Waals surface area (Å²) in [5.41, 5.74) is 4.87. The number of fused-ring (bicyclic) bond motifs is 1. The van der Waals surface area contributed by atoms with Crippen LogP contribution in [0, 0.1) is 12.8 Å². The van der Waals surface area contributed by atoms with Crippen molar-refractivity contribution in [3.8, 4) is 5.75 Å². The number of aromatic nitrogens is 1. The first-order valence-electron chi connectivity index (χ1n) is 12.5. The standard InChI is InChI=1S/C28H32N4O6/c1-17(2)38-28(35)32-13-12-25(23(15-32)27(34)31-36)30-26(33)19-8-10-21(11-9-19)37-16-20-14-18(3)29-24-7-5-4-6-22(20)24/h4-11,14,17,23,25,36H,12-13,15-16H2,1-3H3,(H,30,33)(H,31,34)/t23-,25+/m0/s1. The van der Waals surface area contributed by atoms with Crippen molar-refractivity contribution in [1.29, 1.82) is 0 Å². The molecule has 1 aliphatic rings. The molecule has 3 amide bonds. The van der Waals surface area contributed by atoms with Gasteiger partial charge >= 0.3 is 6.09 Å². The van der Waals surface area contributed by atoms with Crippen molar-refractivity contribution >= 4 is 28.8 Å². The number of likely N-dealkylation sites (tertiary alicyclic amines) is 1. The summed E-state index contributed by atoms with van der Waals surface area (Å²) >= 11 is 0. The summed E-state index contributed by atoms with van der Waals surface area (Å²) in [5.74, 6) is -1.28. The zero-order valence-electron chi connectivity index (χ0n) is 21.6. The normalized spacial score (nSPS) is 17.2. The van der Waals surface area contributed by atoms with Crippen molar-refractivity contribution in [1.82, 2.24) is 20.7 Å². The topological polar surface area (TPSA) is 130 Å². The van der Waals surface area contributed by atoms with Crippen LogP contribution in [0.15, 0.2) is 54.6 Å². The average molecular weight is 521 g/mol. The van der Waals surface area contributed by atoms with Crippen LogP contribution in [0.2, 0.25) is 0 Å². The molecule has 3 aromatic rings. The van der Waals surface area contributed by atoms with Crippen molar-refractivity contribution in [3.63, 3.8) is 0 Å². The maximum absolute atomic E-state index is 12.9. The summed E-state index contributed by atoms with van der Waals surface area (Å²) in [7, 11) is 0. The van der Waals surface area contributed by atoms with E-state index in [1.807, 2.05) is 37.3 Å². The van der Waals surface area contributed by atoms with Gasteiger partial charge in [0.05, 0.1) is 17.5 Å². The summed E-state index contributed by atoms with van der Waals surface area (Å²) in [6, 6.07) is 16.0. The Hall–Kier alpha value is -4.18. The molecule has 2 atom stereocenters. The Morgan fingerprint density at radius 3 is 2.58 bits per heavy atom. The Labute approximate surface area is 220 Å². The highest BCUT2D eigenvalue weighted by molar-refractivity contribution is 5.95. The van der Waals surface area contributed by atoms with Gasteiger partial charge in [-0.05, 0) is 63.6 Å². The number of aryl methyl sites for hydroxylation is 1. The fourth-order valence-electron chi connectivity index (χ4n) is 4.54. The smallest absolute Gasteiger partial charge is 0.410 e. The van der Waals surface area contributed by atoms with Crippen molar-refractivity contribution in [3.05, 3.63) is 71.4 Å². The summed E-state index contributed by atoms with van der Waals surface area (Å²) in [4.78, 5) is 43.5. The van der Waals surface area contributed by atoms with Gasteiger partial charge in [-0.1, -0.05) is 18.2 Å². The van der Waals surface area contributed by atoms with E-state index in [-0.39, 0.29) is 18.6 Å². The molecule has 10 heteroatoms. The Morgan fingerprint density at radius 1 is 1.13 bits per heavy atom. The Morgan fingerprint density at radius 2 is 1.87 bits per heavy atom. The Kier molecular flexibility index (Phi) is 8.42. The molecule has 1 aromatic heterocycles. The number of benzene rings is 2. The van der Waals surface area contributed by atoms with Crippen LogP contribution in [0.1, 0.15) is 41.9 Å². The molecule has 0 saturated carbocycles. The summed E-state index contributed by atoms with van der Waals surface area (Å²) in [6.45, 7) is 6.09. The van der Waals surface area contributed by atoms with Crippen LogP contribution in [0.25, 0.3) is 10.9 Å². The van der Waals surface area contributed by atoms with Gasteiger partial charge in [-0.25, -0.2) is 10.3 Å². The zero-order valence-corrected chi connectivity index (χ0v) is 21.6. The van der Waals surface area contributed by atoms with Gasteiger partial charge in [0.25, 0.3) is 5.91 Å². The lowest BCUT2D eigenvalue weighted by molar-refractivity contribution is -0.135. The Balaban J connectivity index is 1.38. The highest BCUT2D eigenvalue weighted by atomic mass is 16.6. The second-order valence-corrected chi connectivity index (χ2v) is 9.58. The molecule has 38 heavy (non-hydrogen) atoms. The highest BCUT2D eigenvalue weighted by Crippen LogP contribution is 2.22. The van der Waals surface area contributed by atoms with Crippen LogP contribution in [-0.2, 0) is 16.1 Å². The van der Waals surface area contributed by atoms with Crippen molar-refractivity contribution < 1.29 is 29.1 Å². The predicted octanol–water partition coefficient (Wildman–Crippen LogP) is 3.59. The van der Waals surface area contributed by atoms with E-state index in [0.717, 1.165) is 22.2 Å². The molecular formula is C28H32N4O6. The number of piperidine rings is 1. The first kappa shape index (κ1) is 26.9. The molecule has 2 heterocycles. The number of hydrogen-bond donors (Lipinski definition) is 3. The number of amides is 3. The minimum absolute atomic E-state index is 0.0127. The third kappa shape index (κ3) is 6.38. The van der Waals surface area contributed by atoms with E-state index in [1.165, 1.54) is 4.90 Å². The lowest BCUT2D eigenvalue weighted by atomic mass is 9.91. The fourth-order valence-corrected chi connectivity index (χ4v) is 4.54. The highest BCUT2D eigenvalue weighted by Gasteiger charge is 2.37. The van der Waals surface area contributed by atoms with Gasteiger partial charge in [0.1, 0.15) is 12.4 Å². The van der Waals surface area contributed by atoms with E-state index in [1.54, 1.807) is 43.6 Å². The van der Waals surface area contributed by atoms with Crippen molar-refractivity contribution in [2.24, 2.45) is 5.92 Å². The fraction of sp³-hybridized carbons (Fsp3) is 0.357. The van der Waals surface area contributed by atoms with Gasteiger partial charge in [0.2, 0.25) is 5.91 Å². The molecule has 0 aliphatic carbocycles. The number of hydrogen-bond acceptors (Lipinski definition) is 7. The van der Waals surface area contributed by atoms with Crippen molar-refractivity contribution in [2.45, 2.75) is 45.9 Å². The lowest BCUT2D eigenvalue weighted by Crippen LogP contribution is -2.56. The van der Waals surface area contributed by atoms with Crippen LogP contribution in [-0.4, -0.2) is 58.2 Å². The number of para-hydroxylation sites is 1. The van der Waals surface area contributed by atoms with Crippen LogP contribution in [0.5, 0.6) is 5.75 Å². The van der Waals surface area contributed by atoms with Crippen LogP contribution in [0.3, 0.4) is 0 Å². The summed E-state index contributed by atoms with van der Waals surface area (Å²) in [6.07, 6.45) is -0.506. The quantitative estimate of drug-likeness (QED) is 0.321. The van der Waals surface area contributed by atoms with E-state index in [0.29, 0.717) is 30.9 Å². The van der Waals surface area contributed by atoms with Gasteiger partial charge in [0.15, 0.2) is 0 Å². The summed E-state index contributed by atoms with van der Waals surface area (Å²) < 4.78 is 11.2. The number of ether oxygens (including phenoxy) is 2. The molecule has 3 N–H and O–H groups in total. The molecule has 0 bridgehead atoms. The molecule has 1 aliphatic heterocycles. The Bertz CT molecular complexity index is 1310. The first-order valence-corrected chi connectivity index (χ1v) is 12.5. The number of carbonyl (C=O) groups excluding carboxylic acids is 3. The average Bonchev–Trinajstić information content (AvgIpc) is 2.91. The van der Waals surface area contributed by atoms with Crippen LogP contribution >= 0.6 is 0 Å². The van der Waals surface area contributed by atoms with E-state index in [4.69, 9.17) is 9.47 Å². The van der Waals surface area contributed by atoms with Gasteiger partial charge in [-0.3, -0.25) is 19.8 Å². The third-order valence-corrected chi connectivity index (χ3v) is 6.41. The number of carbonyl (C=O) groups is 3. The predicted molar refractivity (Wildman–Crippen MR) is 140 cm³/mol. The van der Waals surface area contributed by atoms with E-state index >= 15 is 0 Å². The number of rotatable bonds is 7. The molecule has 4 rings (SSSR count).